The summed E-state index contributed by atoms with van der Waals surface area (Å²) in [4.78, 5) is 31.4. The molecule has 8 atom stereocenters. The van der Waals surface area contributed by atoms with E-state index in [4.69, 9.17) is 19.4 Å². The highest BCUT2D eigenvalue weighted by Gasteiger charge is 2.41. The number of aromatic amines is 2. The molecule has 10 nitrogen and oxygen atoms in total. The molecular weight excluding hydrogens is 813 g/mol. The predicted octanol–water partition coefficient (Wildman–Crippen LogP) is 12.2. The topological polar surface area (TPSA) is 154 Å². The van der Waals surface area contributed by atoms with E-state index in [9.17, 15) is 20.1 Å². The lowest BCUT2D eigenvalue weighted by molar-refractivity contribution is -0.141. The molecule has 3 aromatic rings. The molecule has 65 heavy (non-hydrogen) atoms. The minimum Gasteiger partial charge on any atom is -0.512 e. The molecule has 6 rings (SSSR count). The Morgan fingerprint density at radius 3 is 2.06 bits per heavy atom. The van der Waals surface area contributed by atoms with E-state index in [1.165, 1.54) is 57.6 Å². The molecule has 0 saturated carbocycles. The van der Waals surface area contributed by atoms with Crippen molar-refractivity contribution in [2.45, 2.75) is 189 Å². The van der Waals surface area contributed by atoms with Crippen molar-refractivity contribution in [1.82, 2.24) is 19.9 Å². The molecule has 3 aliphatic rings. The van der Waals surface area contributed by atoms with E-state index < -0.39 is 18.2 Å². The van der Waals surface area contributed by atoms with Gasteiger partial charge in [-0.2, -0.15) is 0 Å². The smallest absolute Gasteiger partial charge is 0.321 e. The number of hydrogen-bond donors (Lipinski definition) is 5. The number of aryl methyl sites for hydroxylation is 2. The fourth-order valence-electron chi connectivity index (χ4n) is 10.9. The molecule has 1 unspecified atom stereocenters. The van der Waals surface area contributed by atoms with Gasteiger partial charge in [-0.3, -0.25) is 14.8 Å². The zero-order valence-corrected chi connectivity index (χ0v) is 41.7. The second-order valence-corrected chi connectivity index (χ2v) is 20.5. The number of allylic oxidation sites excluding steroid dienone is 1. The van der Waals surface area contributed by atoms with Crippen molar-refractivity contribution in [3.8, 4) is 0 Å². The average molecular weight is 893 g/mol. The lowest BCUT2D eigenvalue weighted by Crippen LogP contribution is -2.19. The molecule has 2 aliphatic heterocycles. The maximum Gasteiger partial charge on any atom is 0.321 e. The number of carbonyl (C=O) groups is 1. The number of nitrogens with one attached hydrogen (secondary N) is 2. The fourth-order valence-corrected chi connectivity index (χ4v) is 10.9. The Balaban J connectivity index is 1.25. The predicted molar refractivity (Wildman–Crippen MR) is 265 cm³/mol. The van der Waals surface area contributed by atoms with Crippen molar-refractivity contribution in [1.29, 1.82) is 0 Å². The first kappa shape index (κ1) is 50.0. The Morgan fingerprint density at radius 2 is 1.42 bits per heavy atom. The van der Waals surface area contributed by atoms with E-state index in [0.29, 0.717) is 41.4 Å². The van der Waals surface area contributed by atoms with Crippen molar-refractivity contribution in [3.05, 3.63) is 79.8 Å². The molecule has 0 fully saturated rings. The summed E-state index contributed by atoms with van der Waals surface area (Å²) in [6.45, 7) is 24.1. The molecule has 3 aromatic heterocycles. The minimum absolute atomic E-state index is 0.0572. The van der Waals surface area contributed by atoms with Gasteiger partial charge in [0.15, 0.2) is 6.29 Å². The van der Waals surface area contributed by atoms with Gasteiger partial charge in [-0.25, -0.2) is 0 Å². The summed E-state index contributed by atoms with van der Waals surface area (Å²) in [5, 5.41) is 35.5. The number of hydrogen-bond acceptors (Lipinski definition) is 8. The Labute approximate surface area is 388 Å². The van der Waals surface area contributed by atoms with Crippen molar-refractivity contribution in [3.63, 3.8) is 0 Å². The molecule has 0 radical (unpaired) electrons. The third-order valence-corrected chi connectivity index (χ3v) is 15.0. The third-order valence-electron chi connectivity index (χ3n) is 15.0. The van der Waals surface area contributed by atoms with E-state index in [2.05, 4.69) is 83.6 Å². The van der Waals surface area contributed by atoms with Gasteiger partial charge in [-0.15, -0.1) is 0 Å². The number of methoxy groups -OCH3 is 1. The summed E-state index contributed by atoms with van der Waals surface area (Å²) < 4.78 is 11.3. The van der Waals surface area contributed by atoms with Crippen molar-refractivity contribution >= 4 is 39.6 Å². The second-order valence-electron chi connectivity index (χ2n) is 20.5. The lowest BCUT2D eigenvalue weighted by atomic mass is 9.84. The average Bonchev–Trinajstić information content (AvgIpc) is 4.00. The van der Waals surface area contributed by atoms with Crippen LogP contribution in [-0.2, 0) is 14.3 Å². The van der Waals surface area contributed by atoms with Gasteiger partial charge < -0.3 is 34.8 Å². The Morgan fingerprint density at radius 1 is 0.815 bits per heavy atom. The van der Waals surface area contributed by atoms with Crippen LogP contribution >= 0.6 is 0 Å². The largest absolute Gasteiger partial charge is 0.512 e. The monoisotopic (exact) mass is 893 g/mol. The number of carbonyl (C=O) groups excluding carboxylic acids is 1. The molecule has 8 bridgehead atoms. The maximum absolute atomic E-state index is 13.7. The summed E-state index contributed by atoms with van der Waals surface area (Å²) in [6, 6.07) is 6.17. The summed E-state index contributed by atoms with van der Waals surface area (Å²) in [5.41, 5.74) is 9.97. The van der Waals surface area contributed by atoms with Crippen LogP contribution in [0.25, 0.3) is 33.6 Å². The first-order chi connectivity index (χ1) is 30.9. The van der Waals surface area contributed by atoms with Crippen LogP contribution in [0.1, 0.15) is 208 Å². The number of nitrogens with zero attached hydrogens (tertiary/aromatic N) is 2. The summed E-state index contributed by atoms with van der Waals surface area (Å²) in [6.07, 6.45) is 14.2. The van der Waals surface area contributed by atoms with Crippen LogP contribution in [0, 0.1) is 31.6 Å². The molecule has 356 valence electrons. The van der Waals surface area contributed by atoms with Gasteiger partial charge in [0.05, 0.1) is 36.2 Å². The molecule has 0 aromatic carbocycles. The van der Waals surface area contributed by atoms with Crippen LogP contribution in [-0.4, -0.2) is 61.2 Å². The van der Waals surface area contributed by atoms with Crippen LogP contribution in [0.4, 0.5) is 0 Å². The van der Waals surface area contributed by atoms with Crippen LogP contribution in [0.5, 0.6) is 0 Å². The van der Waals surface area contributed by atoms with Gasteiger partial charge in [0.2, 0.25) is 0 Å². The van der Waals surface area contributed by atoms with Gasteiger partial charge >= 0.3 is 5.97 Å². The van der Waals surface area contributed by atoms with Crippen molar-refractivity contribution in [2.24, 2.45) is 17.8 Å². The number of aliphatic hydroxyl groups excluding tert-OH is 3. The zero-order chi connectivity index (χ0) is 47.3. The zero-order valence-electron chi connectivity index (χ0n) is 41.7. The summed E-state index contributed by atoms with van der Waals surface area (Å²) >= 11 is 0. The Hall–Kier alpha value is -4.41. The van der Waals surface area contributed by atoms with Gasteiger partial charge in [-0.05, 0) is 107 Å². The highest BCUT2D eigenvalue weighted by atomic mass is 16.6. The van der Waals surface area contributed by atoms with Gasteiger partial charge in [0, 0.05) is 67.8 Å². The number of rotatable bonds is 20. The normalized spacial score (nSPS) is 21.5. The Bertz CT molecular complexity index is 2490. The quantitative estimate of drug-likeness (QED) is 0.0427. The third kappa shape index (κ3) is 11.2. The SMILES string of the molecule is CC[C@H]1c2cc3[nH]c4c(c5nc(cc6[nH]c(cc(n2)[C@@H]1C)/c(=C(\C)O)c6C)[C@@H](C)[C@@H]5CCC(O)OC/C=C(\C)CCC[C@H](C)CCC[C@H](C)CCCC(C)C)[C@@H](C(=O)OC)C(O)=c4c3C. The van der Waals surface area contributed by atoms with Crippen LogP contribution in [0.3, 0.4) is 0 Å². The number of fused-ring (bicyclic) bond motifs is 8. The number of aliphatic hydroxyl groups is 3. The number of esters is 1. The van der Waals surface area contributed by atoms with E-state index in [1.54, 1.807) is 6.92 Å². The lowest BCUT2D eigenvalue weighted by Gasteiger charge is -2.21. The van der Waals surface area contributed by atoms with E-state index in [0.717, 1.165) is 87.0 Å². The standard InChI is InChI=1S/C55H80N4O6/c1-13-39-34(7)41-29-46-48(38(11)60)36(9)43(57-46)27-42-35(8)40(52(58-42)50-51(55(63)64-12)54(62)49-37(10)44(59-53(49)50)28-45(39)56-41)23-24-47(61)65-26-25-33(6)22-16-21-32(5)20-15-19-31(4)18-14-17-30(2)3/h25,27-32,34-35,39-40,47,51,57,59-62H,13-24,26H2,1-12H3/b33-25+,42-27?,45-28?,46-29?,48-38+/t31-,32-,34-,35+,39-,40+,47?,51-/m1/s1. The van der Waals surface area contributed by atoms with Gasteiger partial charge in [0.25, 0.3) is 0 Å². The molecule has 10 heteroatoms. The summed E-state index contributed by atoms with van der Waals surface area (Å²) in [7, 11) is 1.34. The highest BCUT2D eigenvalue weighted by molar-refractivity contribution is 5.96. The maximum atomic E-state index is 13.7. The molecule has 0 saturated heterocycles. The second kappa shape index (κ2) is 21.9. The van der Waals surface area contributed by atoms with Crippen molar-refractivity contribution < 1.29 is 29.6 Å². The minimum atomic E-state index is -1.06. The molecule has 0 amide bonds. The highest BCUT2D eigenvalue weighted by Crippen LogP contribution is 2.46. The molecule has 1 aliphatic carbocycles. The van der Waals surface area contributed by atoms with E-state index in [-0.39, 0.29) is 35.2 Å². The van der Waals surface area contributed by atoms with Gasteiger partial charge in [-0.1, -0.05) is 105 Å². The fraction of sp³-hybridized carbons (Fsp3) is 0.618. The number of aromatic nitrogens is 4. The van der Waals surface area contributed by atoms with Crippen LogP contribution in [0.2, 0.25) is 0 Å². The van der Waals surface area contributed by atoms with E-state index in [1.807, 2.05) is 19.9 Å². The number of ether oxygens (including phenoxy) is 2. The summed E-state index contributed by atoms with van der Waals surface area (Å²) in [5.74, 6) is 0.805. The molecule has 5 heterocycles. The molecular formula is C55H80N4O6. The number of H-pyrrole nitrogens is 2. The first-order valence-electron chi connectivity index (χ1n) is 24.8. The molecule has 5 N–H and O–H groups in total. The van der Waals surface area contributed by atoms with E-state index >= 15 is 0 Å². The molecule has 0 spiro atoms. The van der Waals surface area contributed by atoms with Crippen LogP contribution in [0.15, 0.2) is 29.8 Å². The van der Waals surface area contributed by atoms with Crippen LogP contribution < -0.4 is 10.4 Å². The van der Waals surface area contributed by atoms with Crippen molar-refractivity contribution in [2.75, 3.05) is 13.7 Å². The van der Waals surface area contributed by atoms with Gasteiger partial charge in [0.1, 0.15) is 11.7 Å². The first-order valence-corrected chi connectivity index (χ1v) is 24.8. The Kier molecular flexibility index (Phi) is 16.9.